The van der Waals surface area contributed by atoms with Crippen molar-refractivity contribution in [1.29, 1.82) is 0 Å². The summed E-state index contributed by atoms with van der Waals surface area (Å²) in [6.45, 7) is 5.78. The number of piperazine rings is 1. The molecule has 0 saturated carbocycles. The number of rotatable bonds is 4. The lowest BCUT2D eigenvalue weighted by atomic mass is 10.1. The number of hydrogen-bond donors (Lipinski definition) is 1. The van der Waals surface area contributed by atoms with Crippen LogP contribution in [0.4, 0.5) is 5.69 Å². The van der Waals surface area contributed by atoms with Crippen molar-refractivity contribution in [3.8, 4) is 0 Å². The molecule has 19 heavy (non-hydrogen) atoms. The molecule has 0 amide bonds. The minimum absolute atomic E-state index is 0.116. The van der Waals surface area contributed by atoms with Crippen LogP contribution in [-0.2, 0) is 0 Å². The van der Waals surface area contributed by atoms with Crippen LogP contribution in [0.5, 0.6) is 0 Å². The van der Waals surface area contributed by atoms with Crippen LogP contribution in [0.3, 0.4) is 0 Å². The van der Waals surface area contributed by atoms with E-state index in [-0.39, 0.29) is 5.78 Å². The van der Waals surface area contributed by atoms with Crippen LogP contribution in [0.15, 0.2) is 24.3 Å². The average molecular weight is 261 g/mol. The van der Waals surface area contributed by atoms with E-state index in [4.69, 9.17) is 0 Å². The van der Waals surface area contributed by atoms with E-state index < -0.39 is 0 Å². The Balaban J connectivity index is 2.01. The number of carbonyl (C=O) groups is 1. The molecule has 1 fully saturated rings. The summed E-state index contributed by atoms with van der Waals surface area (Å²) in [5.41, 5.74) is 1.88. The lowest BCUT2D eigenvalue weighted by molar-refractivity contribution is 0.101. The van der Waals surface area contributed by atoms with Crippen LogP contribution in [-0.4, -0.2) is 57.0 Å². The molecule has 1 aliphatic rings. The number of Topliss-reactive ketones (excluding diaryl/α,β-unsaturated/α-hetero) is 1. The average Bonchev–Trinajstić information content (AvgIpc) is 2.39. The Labute approximate surface area is 115 Å². The summed E-state index contributed by atoms with van der Waals surface area (Å²) in [7, 11) is 4.24. The Morgan fingerprint density at radius 1 is 1.53 bits per heavy atom. The number of nitrogens with one attached hydrogen (secondary N) is 1. The standard InChI is InChI=1S/C15H23N3O/c1-12(19)13-5-4-6-15(9-13)18(3)11-14-10-17(2)8-7-16-14/h4-6,9,14,16H,7-8,10-11H2,1-3H3. The van der Waals surface area contributed by atoms with E-state index in [1.54, 1.807) is 6.92 Å². The Hall–Kier alpha value is -1.39. The molecule has 1 aromatic rings. The second-order valence-electron chi connectivity index (χ2n) is 5.40. The molecule has 1 saturated heterocycles. The van der Waals surface area contributed by atoms with Crippen LogP contribution < -0.4 is 10.2 Å². The SMILES string of the molecule is CC(=O)c1cccc(N(C)CC2CN(C)CCN2)c1. The van der Waals surface area contributed by atoms with Gasteiger partial charge in [-0.3, -0.25) is 4.79 Å². The van der Waals surface area contributed by atoms with Crippen molar-refractivity contribution in [2.45, 2.75) is 13.0 Å². The molecule has 2 rings (SSSR count). The highest BCUT2D eigenvalue weighted by Gasteiger charge is 2.18. The summed E-state index contributed by atoms with van der Waals surface area (Å²) in [6, 6.07) is 8.31. The summed E-state index contributed by atoms with van der Waals surface area (Å²) in [5, 5.41) is 3.54. The largest absolute Gasteiger partial charge is 0.373 e. The quantitative estimate of drug-likeness (QED) is 0.827. The number of carbonyl (C=O) groups excluding carboxylic acids is 1. The van der Waals surface area contributed by atoms with Gasteiger partial charge in [0.25, 0.3) is 0 Å². The highest BCUT2D eigenvalue weighted by atomic mass is 16.1. The zero-order chi connectivity index (χ0) is 13.8. The number of likely N-dealkylation sites (N-methyl/N-ethyl adjacent to an activating group) is 2. The predicted octanol–water partition coefficient (Wildman–Crippen LogP) is 1.23. The summed E-state index contributed by atoms with van der Waals surface area (Å²) in [4.78, 5) is 16.0. The zero-order valence-electron chi connectivity index (χ0n) is 12.0. The van der Waals surface area contributed by atoms with Gasteiger partial charge < -0.3 is 15.1 Å². The van der Waals surface area contributed by atoms with E-state index in [2.05, 4.69) is 35.3 Å². The van der Waals surface area contributed by atoms with Crippen molar-refractivity contribution in [3.05, 3.63) is 29.8 Å². The highest BCUT2D eigenvalue weighted by molar-refractivity contribution is 5.94. The van der Waals surface area contributed by atoms with Gasteiger partial charge in [0.05, 0.1) is 0 Å². The smallest absolute Gasteiger partial charge is 0.159 e. The molecule has 4 nitrogen and oxygen atoms in total. The van der Waals surface area contributed by atoms with Crippen molar-refractivity contribution in [2.75, 3.05) is 45.2 Å². The third-order valence-corrected chi connectivity index (χ3v) is 3.65. The molecule has 0 aromatic heterocycles. The molecule has 1 aliphatic heterocycles. The minimum Gasteiger partial charge on any atom is -0.373 e. The first kappa shape index (κ1) is 14.0. The van der Waals surface area contributed by atoms with E-state index in [0.717, 1.165) is 37.4 Å². The first-order valence-electron chi connectivity index (χ1n) is 6.80. The molecule has 104 valence electrons. The predicted molar refractivity (Wildman–Crippen MR) is 79.0 cm³/mol. The van der Waals surface area contributed by atoms with Crippen molar-refractivity contribution in [2.24, 2.45) is 0 Å². The fraction of sp³-hybridized carbons (Fsp3) is 0.533. The van der Waals surface area contributed by atoms with E-state index in [1.807, 2.05) is 18.2 Å². The van der Waals surface area contributed by atoms with Crippen molar-refractivity contribution < 1.29 is 4.79 Å². The van der Waals surface area contributed by atoms with Gasteiger partial charge in [0.1, 0.15) is 0 Å². The maximum absolute atomic E-state index is 11.4. The normalized spacial score (nSPS) is 20.3. The number of ketones is 1. The Morgan fingerprint density at radius 3 is 3.00 bits per heavy atom. The molecule has 1 unspecified atom stereocenters. The molecule has 0 radical (unpaired) electrons. The summed E-state index contributed by atoms with van der Waals surface area (Å²) in [5.74, 6) is 0.116. The molecular formula is C15H23N3O. The van der Waals surface area contributed by atoms with Crippen LogP contribution in [0.1, 0.15) is 17.3 Å². The van der Waals surface area contributed by atoms with Crippen molar-refractivity contribution in [3.63, 3.8) is 0 Å². The Kier molecular flexibility index (Phi) is 4.56. The van der Waals surface area contributed by atoms with Gasteiger partial charge in [-0.05, 0) is 26.1 Å². The van der Waals surface area contributed by atoms with Gasteiger partial charge in [0, 0.05) is 50.5 Å². The fourth-order valence-corrected chi connectivity index (χ4v) is 2.51. The number of hydrogen-bond acceptors (Lipinski definition) is 4. The third kappa shape index (κ3) is 3.78. The number of benzene rings is 1. The summed E-state index contributed by atoms with van der Waals surface area (Å²) in [6.07, 6.45) is 0. The van der Waals surface area contributed by atoms with Crippen LogP contribution in [0.2, 0.25) is 0 Å². The molecule has 4 heteroatoms. The molecule has 1 aromatic carbocycles. The van der Waals surface area contributed by atoms with Crippen molar-refractivity contribution in [1.82, 2.24) is 10.2 Å². The molecule has 1 atom stereocenters. The van der Waals surface area contributed by atoms with Crippen molar-refractivity contribution >= 4 is 11.5 Å². The molecule has 0 aliphatic carbocycles. The van der Waals surface area contributed by atoms with Gasteiger partial charge in [-0.2, -0.15) is 0 Å². The second kappa shape index (κ2) is 6.17. The van der Waals surface area contributed by atoms with E-state index >= 15 is 0 Å². The lowest BCUT2D eigenvalue weighted by Gasteiger charge is -2.34. The maximum atomic E-state index is 11.4. The number of nitrogens with zero attached hydrogens (tertiary/aromatic N) is 2. The van der Waals surface area contributed by atoms with Crippen LogP contribution in [0, 0.1) is 0 Å². The third-order valence-electron chi connectivity index (χ3n) is 3.65. The van der Waals surface area contributed by atoms with Gasteiger partial charge in [0.15, 0.2) is 5.78 Å². The summed E-state index contributed by atoms with van der Waals surface area (Å²) >= 11 is 0. The van der Waals surface area contributed by atoms with E-state index in [1.165, 1.54) is 0 Å². The van der Waals surface area contributed by atoms with Gasteiger partial charge >= 0.3 is 0 Å². The molecule has 1 N–H and O–H groups in total. The molecular weight excluding hydrogens is 238 g/mol. The first-order valence-corrected chi connectivity index (χ1v) is 6.80. The van der Waals surface area contributed by atoms with Gasteiger partial charge in [-0.1, -0.05) is 12.1 Å². The number of anilines is 1. The molecule has 0 bridgehead atoms. The highest BCUT2D eigenvalue weighted by Crippen LogP contribution is 2.16. The fourth-order valence-electron chi connectivity index (χ4n) is 2.51. The van der Waals surface area contributed by atoms with E-state index in [9.17, 15) is 4.79 Å². The molecule has 1 heterocycles. The topological polar surface area (TPSA) is 35.6 Å². The monoisotopic (exact) mass is 261 g/mol. The first-order chi connectivity index (χ1) is 9.06. The van der Waals surface area contributed by atoms with Crippen LogP contribution in [0.25, 0.3) is 0 Å². The van der Waals surface area contributed by atoms with E-state index in [0.29, 0.717) is 6.04 Å². The Bertz CT molecular complexity index is 447. The summed E-state index contributed by atoms with van der Waals surface area (Å²) < 4.78 is 0. The van der Waals surface area contributed by atoms with Gasteiger partial charge in [0.2, 0.25) is 0 Å². The van der Waals surface area contributed by atoms with Crippen LogP contribution >= 0.6 is 0 Å². The second-order valence-corrected chi connectivity index (χ2v) is 5.40. The maximum Gasteiger partial charge on any atom is 0.159 e. The lowest BCUT2D eigenvalue weighted by Crippen LogP contribution is -2.53. The minimum atomic E-state index is 0.116. The Morgan fingerprint density at radius 2 is 2.32 bits per heavy atom. The van der Waals surface area contributed by atoms with Gasteiger partial charge in [-0.15, -0.1) is 0 Å². The zero-order valence-corrected chi connectivity index (χ0v) is 12.0. The van der Waals surface area contributed by atoms with Gasteiger partial charge in [-0.25, -0.2) is 0 Å². The molecule has 0 spiro atoms.